The number of hydrogen-bond donors (Lipinski definition) is 2. The normalized spacial score (nSPS) is 12.4. The number of methoxy groups -OCH3 is 1. The second-order valence-corrected chi connectivity index (χ2v) is 9.42. The molecule has 2 N–H and O–H groups in total. The molecule has 8 nitrogen and oxygen atoms in total. The molecule has 1 atom stereocenters. The molecule has 1 amide bonds. The van der Waals surface area contributed by atoms with Crippen molar-refractivity contribution in [2.45, 2.75) is 30.6 Å². The van der Waals surface area contributed by atoms with Crippen LogP contribution < -0.4 is 14.8 Å². The molecule has 3 aromatic rings. The molecule has 1 aromatic heterocycles. The van der Waals surface area contributed by atoms with E-state index in [0.29, 0.717) is 17.7 Å². The smallest absolute Gasteiger partial charge is 0.270 e. The summed E-state index contributed by atoms with van der Waals surface area (Å²) in [7, 11) is -2.34. The number of rotatable bonds is 8. The van der Waals surface area contributed by atoms with Crippen molar-refractivity contribution < 1.29 is 17.9 Å². The Morgan fingerprint density at radius 3 is 2.53 bits per heavy atom. The SMILES string of the molecule is CC[C@H](NS(=O)(=O)c1nnc(NC(=O)c2cccc(C)c2)s1)c1ccc(OC)cc1. The number of amides is 1. The topological polar surface area (TPSA) is 110 Å². The number of benzene rings is 2. The lowest BCUT2D eigenvalue weighted by Crippen LogP contribution is -2.28. The number of ether oxygens (including phenoxy) is 1. The third kappa shape index (κ3) is 5.21. The highest BCUT2D eigenvalue weighted by Crippen LogP contribution is 2.25. The highest BCUT2D eigenvalue weighted by Gasteiger charge is 2.25. The van der Waals surface area contributed by atoms with E-state index in [2.05, 4.69) is 20.2 Å². The minimum atomic E-state index is -3.91. The van der Waals surface area contributed by atoms with Crippen molar-refractivity contribution in [1.29, 1.82) is 0 Å². The fraction of sp³-hybridized carbons (Fsp3) is 0.250. The molecule has 30 heavy (non-hydrogen) atoms. The number of sulfonamides is 1. The molecule has 2 aromatic carbocycles. The Labute approximate surface area is 179 Å². The average Bonchev–Trinajstić information content (AvgIpc) is 3.21. The number of aromatic nitrogens is 2. The number of hydrogen-bond acceptors (Lipinski definition) is 7. The lowest BCUT2D eigenvalue weighted by Gasteiger charge is -2.16. The van der Waals surface area contributed by atoms with E-state index in [1.807, 2.05) is 32.0 Å². The van der Waals surface area contributed by atoms with E-state index in [0.717, 1.165) is 22.5 Å². The van der Waals surface area contributed by atoms with Gasteiger partial charge in [-0.2, -0.15) is 0 Å². The zero-order valence-corrected chi connectivity index (χ0v) is 18.4. The van der Waals surface area contributed by atoms with E-state index < -0.39 is 16.1 Å². The van der Waals surface area contributed by atoms with E-state index in [9.17, 15) is 13.2 Å². The molecule has 0 saturated heterocycles. The van der Waals surface area contributed by atoms with E-state index >= 15 is 0 Å². The Bertz CT molecular complexity index is 1130. The van der Waals surface area contributed by atoms with Crippen LogP contribution in [0.15, 0.2) is 52.9 Å². The van der Waals surface area contributed by atoms with E-state index in [1.54, 1.807) is 37.4 Å². The maximum absolute atomic E-state index is 12.8. The van der Waals surface area contributed by atoms with Crippen LogP contribution in [0.4, 0.5) is 5.13 Å². The second kappa shape index (κ2) is 9.33. The molecule has 158 valence electrons. The summed E-state index contributed by atoms with van der Waals surface area (Å²) < 4.78 is 33.1. The first-order valence-corrected chi connectivity index (χ1v) is 11.5. The van der Waals surface area contributed by atoms with E-state index in [-0.39, 0.29) is 15.4 Å². The van der Waals surface area contributed by atoms with Gasteiger partial charge in [-0.25, -0.2) is 13.1 Å². The van der Waals surface area contributed by atoms with Crippen LogP contribution in [-0.4, -0.2) is 31.6 Å². The molecule has 0 radical (unpaired) electrons. The van der Waals surface area contributed by atoms with Crippen LogP contribution in [0.2, 0.25) is 0 Å². The Hall–Kier alpha value is -2.82. The lowest BCUT2D eigenvalue weighted by atomic mass is 10.1. The van der Waals surface area contributed by atoms with Gasteiger partial charge in [-0.05, 0) is 43.2 Å². The Kier molecular flexibility index (Phi) is 6.80. The van der Waals surface area contributed by atoms with Crippen molar-refractivity contribution in [3.05, 3.63) is 65.2 Å². The number of nitrogens with zero attached hydrogens (tertiary/aromatic N) is 2. The van der Waals surface area contributed by atoms with Gasteiger partial charge in [-0.1, -0.05) is 48.1 Å². The minimum absolute atomic E-state index is 0.111. The van der Waals surface area contributed by atoms with Crippen LogP contribution in [0.3, 0.4) is 0 Å². The highest BCUT2D eigenvalue weighted by molar-refractivity contribution is 7.91. The lowest BCUT2D eigenvalue weighted by molar-refractivity contribution is 0.102. The van der Waals surface area contributed by atoms with Crippen molar-refractivity contribution in [2.75, 3.05) is 12.4 Å². The summed E-state index contributed by atoms with van der Waals surface area (Å²) in [6.07, 6.45) is 0.543. The van der Waals surface area contributed by atoms with Gasteiger partial charge in [0, 0.05) is 11.6 Å². The molecule has 0 fully saturated rings. The molecular weight excluding hydrogens is 424 g/mol. The van der Waals surface area contributed by atoms with Gasteiger partial charge in [0.2, 0.25) is 9.47 Å². The Balaban J connectivity index is 1.73. The van der Waals surface area contributed by atoms with Crippen molar-refractivity contribution in [2.24, 2.45) is 0 Å². The van der Waals surface area contributed by atoms with E-state index in [4.69, 9.17) is 4.74 Å². The van der Waals surface area contributed by atoms with Crippen LogP contribution in [0.1, 0.15) is 40.9 Å². The number of carbonyl (C=O) groups excluding carboxylic acids is 1. The fourth-order valence-corrected chi connectivity index (χ4v) is 5.00. The van der Waals surface area contributed by atoms with Crippen LogP contribution >= 0.6 is 11.3 Å². The molecular formula is C20H22N4O4S2. The standard InChI is InChI=1S/C20H22N4O4S2/c1-4-17(14-8-10-16(28-3)11-9-14)24-30(26,27)20-23-22-19(29-20)21-18(25)15-7-5-6-13(2)12-15/h5-12,17,24H,4H2,1-3H3,(H,21,22,25)/t17-/m0/s1. The summed E-state index contributed by atoms with van der Waals surface area (Å²) in [4.78, 5) is 12.3. The predicted molar refractivity (Wildman–Crippen MR) is 115 cm³/mol. The van der Waals surface area contributed by atoms with Gasteiger partial charge < -0.3 is 4.74 Å². The third-order valence-corrected chi connectivity index (χ3v) is 7.04. The second-order valence-electron chi connectivity index (χ2n) is 6.55. The monoisotopic (exact) mass is 446 g/mol. The molecule has 0 aliphatic carbocycles. The van der Waals surface area contributed by atoms with Crippen LogP contribution in [0.25, 0.3) is 0 Å². The maximum atomic E-state index is 12.8. The van der Waals surface area contributed by atoms with E-state index in [1.165, 1.54) is 0 Å². The number of nitrogens with one attached hydrogen (secondary N) is 2. The zero-order chi connectivity index (χ0) is 21.7. The van der Waals surface area contributed by atoms with Crippen molar-refractivity contribution >= 4 is 32.4 Å². The zero-order valence-electron chi connectivity index (χ0n) is 16.7. The predicted octanol–water partition coefficient (Wildman–Crippen LogP) is 3.54. The molecule has 10 heteroatoms. The largest absolute Gasteiger partial charge is 0.497 e. The van der Waals surface area contributed by atoms with Crippen molar-refractivity contribution in [1.82, 2.24) is 14.9 Å². The third-order valence-electron chi connectivity index (χ3n) is 4.36. The number of carbonyl (C=O) groups is 1. The molecule has 3 rings (SSSR count). The van der Waals surface area contributed by atoms with Gasteiger partial charge in [0.1, 0.15) is 5.75 Å². The first-order chi connectivity index (χ1) is 14.3. The quantitative estimate of drug-likeness (QED) is 0.512. The molecule has 0 spiro atoms. The molecule has 0 saturated carbocycles. The summed E-state index contributed by atoms with van der Waals surface area (Å²) in [5.74, 6) is 0.311. The van der Waals surface area contributed by atoms with Gasteiger partial charge >= 0.3 is 0 Å². The number of anilines is 1. The summed E-state index contributed by atoms with van der Waals surface area (Å²) in [6, 6.07) is 13.8. The van der Waals surface area contributed by atoms with Crippen LogP contribution in [-0.2, 0) is 10.0 Å². The highest BCUT2D eigenvalue weighted by atomic mass is 32.2. The van der Waals surface area contributed by atoms with Crippen molar-refractivity contribution in [3.63, 3.8) is 0 Å². The molecule has 0 unspecified atom stereocenters. The van der Waals surface area contributed by atoms with Gasteiger partial charge in [0.15, 0.2) is 0 Å². The Morgan fingerprint density at radius 2 is 1.90 bits per heavy atom. The molecule has 0 aliphatic rings. The molecule has 1 heterocycles. The van der Waals surface area contributed by atoms with Gasteiger partial charge in [-0.15, -0.1) is 10.2 Å². The summed E-state index contributed by atoms with van der Waals surface area (Å²) in [5.41, 5.74) is 2.20. The van der Waals surface area contributed by atoms with Gasteiger partial charge in [-0.3, -0.25) is 10.1 Å². The average molecular weight is 447 g/mol. The first kappa shape index (κ1) is 21.9. The number of aryl methyl sites for hydroxylation is 1. The van der Waals surface area contributed by atoms with Crippen LogP contribution in [0.5, 0.6) is 5.75 Å². The molecule has 0 bridgehead atoms. The fourth-order valence-electron chi connectivity index (χ4n) is 2.79. The Morgan fingerprint density at radius 1 is 1.17 bits per heavy atom. The summed E-state index contributed by atoms with van der Waals surface area (Å²) in [5, 5.41) is 10.2. The van der Waals surface area contributed by atoms with Crippen LogP contribution in [0, 0.1) is 6.92 Å². The minimum Gasteiger partial charge on any atom is -0.497 e. The summed E-state index contributed by atoms with van der Waals surface area (Å²) in [6.45, 7) is 3.76. The van der Waals surface area contributed by atoms with Crippen molar-refractivity contribution in [3.8, 4) is 5.75 Å². The summed E-state index contributed by atoms with van der Waals surface area (Å²) >= 11 is 0.796. The molecule has 0 aliphatic heterocycles. The first-order valence-electron chi connectivity index (χ1n) is 9.20. The van der Waals surface area contributed by atoms with Gasteiger partial charge in [0.25, 0.3) is 15.9 Å². The van der Waals surface area contributed by atoms with Gasteiger partial charge in [0.05, 0.1) is 7.11 Å². The maximum Gasteiger partial charge on any atom is 0.270 e.